The molecule has 3 heterocycles. The van der Waals surface area contributed by atoms with Crippen molar-refractivity contribution in [3.8, 4) is 11.5 Å². The molecule has 9 heteroatoms. The van der Waals surface area contributed by atoms with Crippen LogP contribution in [-0.4, -0.2) is 29.9 Å². The first-order valence-electron chi connectivity index (χ1n) is 11.5. The zero-order valence-corrected chi connectivity index (χ0v) is 22.0. The van der Waals surface area contributed by atoms with E-state index in [0.29, 0.717) is 38.7 Å². The maximum atomic E-state index is 13.6. The molecule has 35 heavy (non-hydrogen) atoms. The van der Waals surface area contributed by atoms with Crippen molar-refractivity contribution in [2.24, 2.45) is 4.99 Å². The monoisotopic (exact) mass is 512 g/mol. The first-order valence-corrected chi connectivity index (χ1v) is 13.2. The number of allylic oxidation sites excluding steroid dienone is 1. The van der Waals surface area contributed by atoms with Crippen molar-refractivity contribution in [1.29, 1.82) is 0 Å². The zero-order chi connectivity index (χ0) is 25.1. The lowest BCUT2D eigenvalue weighted by Crippen LogP contribution is -2.39. The number of rotatable bonds is 8. The normalized spacial score (nSPS) is 15.7. The smallest absolute Gasteiger partial charge is 0.338 e. The van der Waals surface area contributed by atoms with Crippen LogP contribution in [0.3, 0.4) is 0 Å². The molecule has 0 radical (unpaired) electrons. The number of thiazole rings is 1. The summed E-state index contributed by atoms with van der Waals surface area (Å²) in [7, 11) is 0. The minimum Gasteiger partial charge on any atom is -0.490 e. The molecular weight excluding hydrogens is 484 g/mol. The van der Waals surface area contributed by atoms with Crippen molar-refractivity contribution in [2.75, 3.05) is 13.2 Å². The minimum absolute atomic E-state index is 0.0119. The molecule has 0 N–H and O–H groups in total. The molecule has 1 atom stereocenters. The average Bonchev–Trinajstić information content (AvgIpc) is 3.43. The highest BCUT2D eigenvalue weighted by molar-refractivity contribution is 7.10. The molecule has 3 aromatic rings. The topological polar surface area (TPSA) is 79.1 Å². The summed E-state index contributed by atoms with van der Waals surface area (Å²) < 4.78 is 19.0. The molecule has 0 fully saturated rings. The van der Waals surface area contributed by atoms with Gasteiger partial charge in [0.1, 0.15) is 6.04 Å². The van der Waals surface area contributed by atoms with Gasteiger partial charge in [-0.25, -0.2) is 9.79 Å². The average molecular weight is 513 g/mol. The van der Waals surface area contributed by atoms with E-state index in [1.165, 1.54) is 22.7 Å². The lowest BCUT2D eigenvalue weighted by molar-refractivity contribution is -0.139. The SMILES string of the molecule is CCOC(=O)C1=C(C)N=c2s/c(=C\c3ccc(OC(C)C)c(OCC)c3)c(=O)n2[C@@H]1c1cccs1. The lowest BCUT2D eigenvalue weighted by atomic mass is 10.0. The Labute approximate surface area is 211 Å². The van der Waals surface area contributed by atoms with Crippen LogP contribution in [0, 0.1) is 0 Å². The predicted octanol–water partition coefficient (Wildman–Crippen LogP) is 4.05. The largest absolute Gasteiger partial charge is 0.490 e. The van der Waals surface area contributed by atoms with Crippen molar-refractivity contribution in [3.05, 3.63) is 77.1 Å². The molecule has 0 bridgehead atoms. The van der Waals surface area contributed by atoms with Crippen molar-refractivity contribution < 1.29 is 19.0 Å². The van der Waals surface area contributed by atoms with Gasteiger partial charge in [0.2, 0.25) is 0 Å². The van der Waals surface area contributed by atoms with Crippen LogP contribution in [-0.2, 0) is 9.53 Å². The van der Waals surface area contributed by atoms with Crippen LogP contribution >= 0.6 is 22.7 Å². The van der Waals surface area contributed by atoms with Crippen LogP contribution in [0.15, 0.2) is 56.8 Å². The molecule has 0 saturated heterocycles. The van der Waals surface area contributed by atoms with Gasteiger partial charge in [0, 0.05) is 4.88 Å². The molecule has 0 unspecified atom stereocenters. The number of benzene rings is 1. The van der Waals surface area contributed by atoms with E-state index < -0.39 is 12.0 Å². The maximum Gasteiger partial charge on any atom is 0.338 e. The lowest BCUT2D eigenvalue weighted by Gasteiger charge is -2.23. The van der Waals surface area contributed by atoms with Crippen LogP contribution < -0.4 is 24.4 Å². The quantitative estimate of drug-likeness (QED) is 0.426. The number of carbonyl (C=O) groups excluding carboxylic acids is 1. The van der Waals surface area contributed by atoms with Gasteiger partial charge in [0.15, 0.2) is 16.3 Å². The molecule has 0 amide bonds. The molecular formula is C26H28N2O5S2. The Balaban J connectivity index is 1.85. The Kier molecular flexibility index (Phi) is 7.57. The first-order chi connectivity index (χ1) is 16.8. The van der Waals surface area contributed by atoms with Gasteiger partial charge < -0.3 is 14.2 Å². The second-order valence-electron chi connectivity index (χ2n) is 8.12. The fourth-order valence-electron chi connectivity index (χ4n) is 3.89. The third-order valence-corrected chi connectivity index (χ3v) is 7.17. The molecule has 184 valence electrons. The van der Waals surface area contributed by atoms with Crippen LogP contribution in [0.1, 0.15) is 51.1 Å². The Hall–Kier alpha value is -3.17. The molecule has 0 saturated carbocycles. The zero-order valence-electron chi connectivity index (χ0n) is 20.4. The van der Waals surface area contributed by atoms with E-state index in [1.807, 2.05) is 62.6 Å². The fraction of sp³-hybridized carbons (Fsp3) is 0.346. The fourth-order valence-corrected chi connectivity index (χ4v) is 5.76. The second kappa shape index (κ2) is 10.6. The molecule has 2 aromatic heterocycles. The summed E-state index contributed by atoms with van der Waals surface area (Å²) in [4.78, 5) is 32.5. The second-order valence-corrected chi connectivity index (χ2v) is 10.1. The van der Waals surface area contributed by atoms with Gasteiger partial charge in [-0.2, -0.15) is 0 Å². The van der Waals surface area contributed by atoms with E-state index in [4.69, 9.17) is 14.2 Å². The minimum atomic E-state index is -0.576. The van der Waals surface area contributed by atoms with Crippen molar-refractivity contribution in [1.82, 2.24) is 4.57 Å². The number of aromatic nitrogens is 1. The van der Waals surface area contributed by atoms with E-state index in [9.17, 15) is 9.59 Å². The summed E-state index contributed by atoms with van der Waals surface area (Å²) in [5.74, 6) is 0.830. The summed E-state index contributed by atoms with van der Waals surface area (Å²) in [6.45, 7) is 10.1. The van der Waals surface area contributed by atoms with Gasteiger partial charge in [-0.15, -0.1) is 11.3 Å². The number of thiophene rings is 1. The van der Waals surface area contributed by atoms with Crippen molar-refractivity contribution in [3.63, 3.8) is 0 Å². The highest BCUT2D eigenvalue weighted by Gasteiger charge is 2.33. The number of ether oxygens (including phenoxy) is 3. The van der Waals surface area contributed by atoms with E-state index in [0.717, 1.165) is 10.4 Å². The van der Waals surface area contributed by atoms with E-state index in [2.05, 4.69) is 4.99 Å². The van der Waals surface area contributed by atoms with Gasteiger partial charge >= 0.3 is 5.97 Å². The van der Waals surface area contributed by atoms with E-state index in [-0.39, 0.29) is 18.3 Å². The maximum absolute atomic E-state index is 13.6. The molecule has 0 aliphatic carbocycles. The van der Waals surface area contributed by atoms with Gasteiger partial charge in [0.05, 0.1) is 35.1 Å². The van der Waals surface area contributed by atoms with E-state index >= 15 is 0 Å². The third kappa shape index (κ3) is 5.11. The van der Waals surface area contributed by atoms with Crippen LogP contribution in [0.4, 0.5) is 0 Å². The predicted molar refractivity (Wildman–Crippen MR) is 138 cm³/mol. The molecule has 4 rings (SSSR count). The molecule has 1 aliphatic heterocycles. The molecule has 0 spiro atoms. The van der Waals surface area contributed by atoms with Gasteiger partial charge in [-0.3, -0.25) is 9.36 Å². The summed E-state index contributed by atoms with van der Waals surface area (Å²) in [6, 6.07) is 8.87. The summed E-state index contributed by atoms with van der Waals surface area (Å²) in [5, 5.41) is 1.93. The van der Waals surface area contributed by atoms with Gasteiger partial charge in [-0.05, 0) is 69.8 Å². The Morgan fingerprint density at radius 2 is 2.00 bits per heavy atom. The number of nitrogens with zero attached hydrogens (tertiary/aromatic N) is 2. The summed E-state index contributed by atoms with van der Waals surface area (Å²) in [6.07, 6.45) is 1.83. The molecule has 1 aliphatic rings. The van der Waals surface area contributed by atoms with Gasteiger partial charge in [0.25, 0.3) is 5.56 Å². The Morgan fingerprint density at radius 1 is 1.20 bits per heavy atom. The van der Waals surface area contributed by atoms with Crippen LogP contribution in [0.2, 0.25) is 0 Å². The van der Waals surface area contributed by atoms with E-state index in [1.54, 1.807) is 18.4 Å². The van der Waals surface area contributed by atoms with Crippen molar-refractivity contribution >= 4 is 34.7 Å². The number of hydrogen-bond acceptors (Lipinski definition) is 8. The standard InChI is InChI=1S/C26H28N2O5S2/c1-6-31-19-13-17(10-11-18(19)33-15(3)4)14-21-24(29)28-23(20-9-8-12-34-20)22(25(30)32-7-2)16(5)27-26(28)35-21/h8-15,23H,6-7H2,1-5H3/b21-14-/t23-/m1/s1. The van der Waals surface area contributed by atoms with Crippen LogP contribution in [0.25, 0.3) is 6.08 Å². The van der Waals surface area contributed by atoms with Crippen LogP contribution in [0.5, 0.6) is 11.5 Å². The van der Waals surface area contributed by atoms with Crippen molar-refractivity contribution in [2.45, 2.75) is 46.8 Å². The summed E-state index contributed by atoms with van der Waals surface area (Å²) >= 11 is 2.79. The van der Waals surface area contributed by atoms with Gasteiger partial charge in [-0.1, -0.05) is 23.5 Å². The molecule has 7 nitrogen and oxygen atoms in total. The first kappa shape index (κ1) is 24.9. The number of hydrogen-bond donors (Lipinski definition) is 0. The Bertz CT molecular complexity index is 1430. The summed E-state index contributed by atoms with van der Waals surface area (Å²) in [5.41, 5.74) is 1.55. The highest BCUT2D eigenvalue weighted by Crippen LogP contribution is 2.33. The molecule has 1 aromatic carbocycles. The third-order valence-electron chi connectivity index (χ3n) is 5.26. The highest BCUT2D eigenvalue weighted by atomic mass is 32.1. The number of carbonyl (C=O) groups is 1. The number of esters is 1. The number of fused-ring (bicyclic) bond motifs is 1. The Morgan fingerprint density at radius 3 is 2.66 bits per heavy atom.